The number of hydrogen-bond acceptors (Lipinski definition) is 2. The Bertz CT molecular complexity index is 1000. The SMILES string of the molecule is O=C1C(c2ccccc2)=C(I)C(=O)c2c1ccc1ccccc21. The van der Waals surface area contributed by atoms with Gasteiger partial charge in [-0.25, -0.2) is 0 Å². The van der Waals surface area contributed by atoms with Gasteiger partial charge in [0, 0.05) is 16.7 Å². The highest BCUT2D eigenvalue weighted by molar-refractivity contribution is 14.1. The first-order chi connectivity index (χ1) is 11.2. The van der Waals surface area contributed by atoms with Gasteiger partial charge >= 0.3 is 0 Å². The van der Waals surface area contributed by atoms with Crippen molar-refractivity contribution in [1.29, 1.82) is 0 Å². The van der Waals surface area contributed by atoms with Crippen LogP contribution in [0.2, 0.25) is 0 Å². The van der Waals surface area contributed by atoms with Gasteiger partial charge in [0.1, 0.15) is 0 Å². The average Bonchev–Trinajstić information content (AvgIpc) is 2.60. The van der Waals surface area contributed by atoms with E-state index in [4.69, 9.17) is 0 Å². The summed E-state index contributed by atoms with van der Waals surface area (Å²) in [6, 6.07) is 20.7. The minimum atomic E-state index is -0.0825. The summed E-state index contributed by atoms with van der Waals surface area (Å²) in [4.78, 5) is 25.9. The second-order valence-corrected chi connectivity index (χ2v) is 6.50. The number of benzene rings is 3. The predicted octanol–water partition coefficient (Wildman–Crippen LogP) is 5.07. The fraction of sp³-hybridized carbons (Fsp3) is 0. The first-order valence-corrected chi connectivity index (χ1v) is 8.32. The van der Waals surface area contributed by atoms with E-state index >= 15 is 0 Å². The van der Waals surface area contributed by atoms with E-state index in [1.54, 1.807) is 6.07 Å². The minimum absolute atomic E-state index is 0.0733. The zero-order valence-electron chi connectivity index (χ0n) is 12.0. The van der Waals surface area contributed by atoms with E-state index in [0.717, 1.165) is 16.3 Å². The zero-order chi connectivity index (χ0) is 16.0. The van der Waals surface area contributed by atoms with Gasteiger partial charge in [-0.15, -0.1) is 0 Å². The predicted molar refractivity (Wildman–Crippen MR) is 100.0 cm³/mol. The Labute approximate surface area is 147 Å². The Hall–Kier alpha value is -2.27. The number of halogens is 1. The maximum atomic E-state index is 13.0. The lowest BCUT2D eigenvalue weighted by molar-refractivity contribution is 0.100. The number of ketones is 2. The molecule has 0 aliphatic heterocycles. The number of rotatable bonds is 1. The molecule has 0 spiro atoms. The summed E-state index contributed by atoms with van der Waals surface area (Å²) < 4.78 is 0.489. The van der Waals surface area contributed by atoms with Crippen molar-refractivity contribution in [1.82, 2.24) is 0 Å². The second-order valence-electron chi connectivity index (χ2n) is 5.42. The Morgan fingerprint density at radius 1 is 0.696 bits per heavy atom. The third-order valence-electron chi connectivity index (χ3n) is 4.11. The normalized spacial score (nSPS) is 14.3. The standard InChI is InChI=1S/C20H11IO2/c21-18-16(13-7-2-1-3-8-13)19(22)15-11-10-12-6-4-5-9-14(12)17(15)20(18)23/h1-11H. The van der Waals surface area contributed by atoms with Crippen LogP contribution in [-0.2, 0) is 0 Å². The average molecular weight is 410 g/mol. The van der Waals surface area contributed by atoms with Crippen molar-refractivity contribution in [2.75, 3.05) is 0 Å². The number of allylic oxidation sites excluding steroid dienone is 2. The molecule has 0 N–H and O–H groups in total. The van der Waals surface area contributed by atoms with Gasteiger partial charge in [0.05, 0.1) is 3.58 Å². The van der Waals surface area contributed by atoms with Gasteiger partial charge in [-0.2, -0.15) is 0 Å². The van der Waals surface area contributed by atoms with Crippen LogP contribution >= 0.6 is 22.6 Å². The fourth-order valence-corrected chi connectivity index (χ4v) is 3.85. The molecule has 3 aromatic carbocycles. The van der Waals surface area contributed by atoms with Crippen molar-refractivity contribution in [3.8, 4) is 0 Å². The van der Waals surface area contributed by atoms with Gasteiger partial charge in [-0.05, 0) is 45.0 Å². The summed E-state index contributed by atoms with van der Waals surface area (Å²) >= 11 is 2.00. The smallest absolute Gasteiger partial charge is 0.201 e. The number of hydrogen-bond donors (Lipinski definition) is 0. The van der Waals surface area contributed by atoms with Crippen LogP contribution in [0.3, 0.4) is 0 Å². The van der Waals surface area contributed by atoms with Crippen molar-refractivity contribution in [2.45, 2.75) is 0 Å². The van der Waals surface area contributed by atoms with Crippen molar-refractivity contribution in [2.24, 2.45) is 0 Å². The summed E-state index contributed by atoms with van der Waals surface area (Å²) in [5.41, 5.74) is 2.30. The minimum Gasteiger partial charge on any atom is -0.289 e. The lowest BCUT2D eigenvalue weighted by Crippen LogP contribution is -2.19. The van der Waals surface area contributed by atoms with Gasteiger partial charge in [0.15, 0.2) is 5.78 Å². The molecule has 0 saturated heterocycles. The Morgan fingerprint density at radius 2 is 1.39 bits per heavy atom. The lowest BCUT2D eigenvalue weighted by Gasteiger charge is -2.20. The molecule has 0 bridgehead atoms. The topological polar surface area (TPSA) is 34.1 Å². The molecule has 110 valence electrons. The molecule has 2 nitrogen and oxygen atoms in total. The van der Waals surface area contributed by atoms with E-state index in [1.165, 1.54) is 0 Å². The summed E-state index contributed by atoms with van der Waals surface area (Å²) in [6.45, 7) is 0. The van der Waals surface area contributed by atoms with Crippen LogP contribution in [-0.4, -0.2) is 11.6 Å². The number of carbonyl (C=O) groups is 2. The fourth-order valence-electron chi connectivity index (χ4n) is 3.03. The summed E-state index contributed by atoms with van der Waals surface area (Å²) in [5.74, 6) is -0.156. The summed E-state index contributed by atoms with van der Waals surface area (Å²) in [6.07, 6.45) is 0. The maximum Gasteiger partial charge on any atom is 0.201 e. The second kappa shape index (κ2) is 5.42. The molecule has 0 fully saturated rings. The van der Waals surface area contributed by atoms with E-state index in [0.29, 0.717) is 20.3 Å². The third kappa shape index (κ3) is 2.15. The van der Waals surface area contributed by atoms with Crippen LogP contribution in [0.25, 0.3) is 16.3 Å². The molecule has 0 atom stereocenters. The molecular weight excluding hydrogens is 399 g/mol. The number of carbonyl (C=O) groups excluding carboxylic acids is 2. The van der Waals surface area contributed by atoms with Crippen LogP contribution in [0, 0.1) is 0 Å². The van der Waals surface area contributed by atoms with Crippen LogP contribution in [0.1, 0.15) is 26.3 Å². The van der Waals surface area contributed by atoms with Gasteiger partial charge in [0.2, 0.25) is 5.78 Å². The molecule has 3 heteroatoms. The summed E-state index contributed by atoms with van der Waals surface area (Å²) in [7, 11) is 0. The Kier molecular flexibility index (Phi) is 3.38. The number of Topliss-reactive ketones (excluding diaryl/α,β-unsaturated/α-hetero) is 2. The highest BCUT2D eigenvalue weighted by atomic mass is 127. The molecule has 3 aromatic rings. The van der Waals surface area contributed by atoms with Gasteiger partial charge in [0.25, 0.3) is 0 Å². The van der Waals surface area contributed by atoms with Crippen molar-refractivity contribution in [3.63, 3.8) is 0 Å². The van der Waals surface area contributed by atoms with E-state index in [2.05, 4.69) is 0 Å². The molecule has 1 aliphatic rings. The Morgan fingerprint density at radius 3 is 2.17 bits per heavy atom. The van der Waals surface area contributed by atoms with Gasteiger partial charge in [-0.1, -0.05) is 60.7 Å². The van der Waals surface area contributed by atoms with Crippen molar-refractivity contribution < 1.29 is 9.59 Å². The molecule has 23 heavy (non-hydrogen) atoms. The highest BCUT2D eigenvalue weighted by Gasteiger charge is 2.32. The third-order valence-corrected chi connectivity index (χ3v) is 5.14. The molecular formula is C20H11IO2. The highest BCUT2D eigenvalue weighted by Crippen LogP contribution is 2.38. The molecule has 0 amide bonds. The van der Waals surface area contributed by atoms with Crippen LogP contribution in [0.5, 0.6) is 0 Å². The first kappa shape index (κ1) is 14.3. The maximum absolute atomic E-state index is 13.0. The van der Waals surface area contributed by atoms with E-state index in [-0.39, 0.29) is 11.6 Å². The quantitative estimate of drug-likeness (QED) is 0.526. The van der Waals surface area contributed by atoms with Crippen molar-refractivity contribution >= 4 is 50.5 Å². The van der Waals surface area contributed by atoms with Gasteiger partial charge in [-0.3, -0.25) is 9.59 Å². The lowest BCUT2D eigenvalue weighted by atomic mass is 9.84. The first-order valence-electron chi connectivity index (χ1n) is 7.25. The Balaban J connectivity index is 2.02. The van der Waals surface area contributed by atoms with Crippen LogP contribution < -0.4 is 0 Å². The van der Waals surface area contributed by atoms with Crippen LogP contribution in [0.15, 0.2) is 70.3 Å². The zero-order valence-corrected chi connectivity index (χ0v) is 14.2. The number of fused-ring (bicyclic) bond motifs is 3. The molecule has 1 aliphatic carbocycles. The van der Waals surface area contributed by atoms with E-state index < -0.39 is 0 Å². The molecule has 0 unspecified atom stereocenters. The van der Waals surface area contributed by atoms with E-state index in [1.807, 2.05) is 83.3 Å². The molecule has 0 heterocycles. The molecule has 0 radical (unpaired) electrons. The molecule has 0 aromatic heterocycles. The van der Waals surface area contributed by atoms with Crippen molar-refractivity contribution in [3.05, 3.63) is 87.0 Å². The van der Waals surface area contributed by atoms with E-state index in [9.17, 15) is 9.59 Å². The monoisotopic (exact) mass is 410 g/mol. The summed E-state index contributed by atoms with van der Waals surface area (Å²) in [5, 5.41) is 1.81. The van der Waals surface area contributed by atoms with Crippen LogP contribution in [0.4, 0.5) is 0 Å². The van der Waals surface area contributed by atoms with Gasteiger partial charge < -0.3 is 0 Å². The molecule has 4 rings (SSSR count). The largest absolute Gasteiger partial charge is 0.289 e. The molecule has 0 saturated carbocycles.